The lowest BCUT2D eigenvalue weighted by molar-refractivity contribution is 0.397. The summed E-state index contributed by atoms with van der Waals surface area (Å²) in [7, 11) is 0. The van der Waals surface area contributed by atoms with Crippen LogP contribution >= 0.6 is 0 Å². The van der Waals surface area contributed by atoms with E-state index in [1.165, 1.54) is 32.1 Å². The van der Waals surface area contributed by atoms with Crippen molar-refractivity contribution in [1.29, 1.82) is 0 Å². The minimum atomic E-state index is 0.481. The van der Waals surface area contributed by atoms with Crippen LogP contribution in [0.15, 0.2) is 23.8 Å². The maximum absolute atomic E-state index is 2.52. The lowest BCUT2D eigenvalue weighted by Crippen LogP contribution is -2.13. The SMILES string of the molecule is CCCC1CC(CC)C=CCC2(C)C=C12. The van der Waals surface area contributed by atoms with Gasteiger partial charge in [-0.25, -0.2) is 0 Å². The van der Waals surface area contributed by atoms with Gasteiger partial charge in [0.25, 0.3) is 0 Å². The molecule has 3 atom stereocenters. The van der Waals surface area contributed by atoms with Crippen LogP contribution in [0.1, 0.15) is 52.9 Å². The van der Waals surface area contributed by atoms with Gasteiger partial charge < -0.3 is 0 Å². The second-order valence-electron chi connectivity index (χ2n) is 5.54. The van der Waals surface area contributed by atoms with E-state index in [9.17, 15) is 0 Å². The zero-order valence-electron chi connectivity index (χ0n) is 10.4. The monoisotopic (exact) mass is 204 g/mol. The van der Waals surface area contributed by atoms with Gasteiger partial charge in [0, 0.05) is 5.41 Å². The molecule has 3 unspecified atom stereocenters. The van der Waals surface area contributed by atoms with Gasteiger partial charge in [-0.2, -0.15) is 0 Å². The van der Waals surface area contributed by atoms with Gasteiger partial charge in [0.1, 0.15) is 0 Å². The van der Waals surface area contributed by atoms with E-state index in [1.807, 2.05) is 0 Å². The van der Waals surface area contributed by atoms with Crippen LogP contribution in [0.4, 0.5) is 0 Å². The predicted octanol–water partition coefficient (Wildman–Crippen LogP) is 4.73. The van der Waals surface area contributed by atoms with Crippen molar-refractivity contribution in [3.8, 4) is 0 Å². The third-order valence-corrected chi connectivity index (χ3v) is 4.19. The maximum atomic E-state index is 2.52. The van der Waals surface area contributed by atoms with E-state index < -0.39 is 0 Å². The van der Waals surface area contributed by atoms with Crippen molar-refractivity contribution in [2.24, 2.45) is 17.3 Å². The van der Waals surface area contributed by atoms with Crippen molar-refractivity contribution >= 4 is 0 Å². The summed E-state index contributed by atoms with van der Waals surface area (Å²) in [5.41, 5.74) is 2.25. The van der Waals surface area contributed by atoms with E-state index in [0.717, 1.165) is 11.8 Å². The van der Waals surface area contributed by atoms with E-state index in [4.69, 9.17) is 0 Å². The smallest absolute Gasteiger partial charge is 0.0103 e. The van der Waals surface area contributed by atoms with Crippen molar-refractivity contribution in [3.63, 3.8) is 0 Å². The number of hydrogen-bond donors (Lipinski definition) is 0. The third kappa shape index (κ3) is 2.19. The lowest BCUT2D eigenvalue weighted by atomic mass is 9.80. The Kier molecular flexibility index (Phi) is 3.04. The molecule has 0 heterocycles. The van der Waals surface area contributed by atoms with Crippen LogP contribution in [0.25, 0.3) is 0 Å². The fraction of sp³-hybridized carbons (Fsp3) is 0.733. The number of rotatable bonds is 3. The maximum Gasteiger partial charge on any atom is 0.0103 e. The van der Waals surface area contributed by atoms with Crippen molar-refractivity contribution in [1.82, 2.24) is 0 Å². The summed E-state index contributed by atoms with van der Waals surface area (Å²) in [6, 6.07) is 0. The van der Waals surface area contributed by atoms with Crippen molar-refractivity contribution in [3.05, 3.63) is 23.8 Å². The Hall–Kier alpha value is -0.520. The Morgan fingerprint density at radius 3 is 2.87 bits per heavy atom. The number of hydrogen-bond acceptors (Lipinski definition) is 0. The number of fused-ring (bicyclic) bond motifs is 1. The quantitative estimate of drug-likeness (QED) is 0.583. The molecule has 0 aromatic heterocycles. The van der Waals surface area contributed by atoms with Gasteiger partial charge in [-0.05, 0) is 37.5 Å². The van der Waals surface area contributed by atoms with E-state index in [-0.39, 0.29) is 0 Å². The number of allylic oxidation sites excluding steroid dienone is 4. The molecule has 0 aliphatic heterocycles. The topological polar surface area (TPSA) is 0 Å². The van der Waals surface area contributed by atoms with Crippen LogP contribution in [0.2, 0.25) is 0 Å². The third-order valence-electron chi connectivity index (χ3n) is 4.19. The standard InChI is InChI=1S/C15H24/c1-4-7-13-10-12(5-2)8-6-9-15(3)11-14(13)15/h6,8,11-13H,4-5,7,9-10H2,1-3H3. The highest BCUT2D eigenvalue weighted by atomic mass is 14.5. The van der Waals surface area contributed by atoms with Crippen LogP contribution in [0.3, 0.4) is 0 Å². The summed E-state index contributed by atoms with van der Waals surface area (Å²) in [5.74, 6) is 1.71. The second-order valence-corrected chi connectivity index (χ2v) is 5.54. The molecule has 0 saturated carbocycles. The van der Waals surface area contributed by atoms with Gasteiger partial charge in [0.05, 0.1) is 0 Å². The minimum Gasteiger partial charge on any atom is -0.0871 e. The average Bonchev–Trinajstić information content (AvgIpc) is 2.85. The van der Waals surface area contributed by atoms with Gasteiger partial charge in [-0.15, -0.1) is 0 Å². The largest absolute Gasteiger partial charge is 0.0871 e. The summed E-state index contributed by atoms with van der Waals surface area (Å²) in [6.45, 7) is 7.04. The molecule has 0 amide bonds. The summed E-state index contributed by atoms with van der Waals surface area (Å²) in [5, 5.41) is 0. The fourth-order valence-electron chi connectivity index (χ4n) is 3.07. The second kappa shape index (κ2) is 4.15. The molecule has 0 radical (unpaired) electrons. The molecular formula is C15H24. The molecule has 0 bridgehead atoms. The summed E-state index contributed by atoms with van der Waals surface area (Å²) in [4.78, 5) is 0. The highest BCUT2D eigenvalue weighted by Crippen LogP contribution is 2.54. The zero-order chi connectivity index (χ0) is 10.9. The molecule has 0 heteroatoms. The van der Waals surface area contributed by atoms with Gasteiger partial charge in [-0.3, -0.25) is 0 Å². The molecule has 0 spiro atoms. The molecule has 84 valence electrons. The molecule has 2 aliphatic carbocycles. The van der Waals surface area contributed by atoms with Gasteiger partial charge >= 0.3 is 0 Å². The Bertz CT molecular complexity index is 284. The van der Waals surface area contributed by atoms with Gasteiger partial charge in [-0.1, -0.05) is 51.0 Å². The molecule has 0 aromatic rings. The van der Waals surface area contributed by atoms with E-state index >= 15 is 0 Å². The molecule has 0 fully saturated rings. The highest BCUT2D eigenvalue weighted by molar-refractivity contribution is 5.41. The first kappa shape index (κ1) is 11.0. The molecule has 0 nitrogen and oxygen atoms in total. The summed E-state index contributed by atoms with van der Waals surface area (Å²) >= 11 is 0. The molecule has 0 N–H and O–H groups in total. The molecular weight excluding hydrogens is 180 g/mol. The highest BCUT2D eigenvalue weighted by Gasteiger charge is 2.42. The molecule has 0 saturated heterocycles. The van der Waals surface area contributed by atoms with E-state index in [1.54, 1.807) is 5.57 Å². The first-order valence-electron chi connectivity index (χ1n) is 6.59. The van der Waals surface area contributed by atoms with Crippen LogP contribution < -0.4 is 0 Å². The average molecular weight is 204 g/mol. The Morgan fingerprint density at radius 1 is 1.40 bits per heavy atom. The van der Waals surface area contributed by atoms with E-state index in [2.05, 4.69) is 39.0 Å². The Morgan fingerprint density at radius 2 is 2.20 bits per heavy atom. The lowest BCUT2D eigenvalue weighted by Gasteiger charge is -2.25. The first-order valence-corrected chi connectivity index (χ1v) is 6.59. The fourth-order valence-corrected chi connectivity index (χ4v) is 3.07. The first-order chi connectivity index (χ1) is 7.19. The molecule has 2 aliphatic rings. The Labute approximate surface area is 94.5 Å². The molecule has 0 aromatic carbocycles. The van der Waals surface area contributed by atoms with Crippen LogP contribution in [0.5, 0.6) is 0 Å². The van der Waals surface area contributed by atoms with Crippen LogP contribution in [0, 0.1) is 17.3 Å². The van der Waals surface area contributed by atoms with Crippen molar-refractivity contribution < 1.29 is 0 Å². The summed E-state index contributed by atoms with van der Waals surface area (Å²) in [6.07, 6.45) is 14.1. The van der Waals surface area contributed by atoms with E-state index in [0.29, 0.717) is 5.41 Å². The normalized spacial score (nSPS) is 39.0. The van der Waals surface area contributed by atoms with Gasteiger partial charge in [0.15, 0.2) is 0 Å². The van der Waals surface area contributed by atoms with Crippen molar-refractivity contribution in [2.45, 2.75) is 52.9 Å². The van der Waals surface area contributed by atoms with Crippen LogP contribution in [-0.4, -0.2) is 0 Å². The zero-order valence-corrected chi connectivity index (χ0v) is 10.4. The predicted molar refractivity (Wildman–Crippen MR) is 66.7 cm³/mol. The minimum absolute atomic E-state index is 0.481. The van der Waals surface area contributed by atoms with Gasteiger partial charge in [0.2, 0.25) is 0 Å². The van der Waals surface area contributed by atoms with Crippen molar-refractivity contribution in [2.75, 3.05) is 0 Å². The molecule has 15 heavy (non-hydrogen) atoms. The Balaban J connectivity index is 2.09. The summed E-state index contributed by atoms with van der Waals surface area (Å²) < 4.78 is 0. The molecule has 2 rings (SSSR count). The van der Waals surface area contributed by atoms with Crippen LogP contribution in [-0.2, 0) is 0 Å².